The summed E-state index contributed by atoms with van der Waals surface area (Å²) in [6.45, 7) is 3.57. The molecule has 5 heteroatoms. The van der Waals surface area contributed by atoms with Gasteiger partial charge in [-0.3, -0.25) is 4.52 Å². The lowest BCUT2D eigenvalue weighted by Crippen LogP contribution is -1.97. The maximum Gasteiger partial charge on any atom is 0.588 e. The van der Waals surface area contributed by atoms with E-state index in [-0.39, 0.29) is 6.61 Å². The first-order valence-corrected chi connectivity index (χ1v) is 5.53. The Morgan fingerprint density at radius 2 is 1.93 bits per heavy atom. The van der Waals surface area contributed by atoms with E-state index >= 15 is 0 Å². The number of fused-ring (bicyclic) bond motifs is 1. The third-order valence-electron chi connectivity index (χ3n) is 1.62. The average molecular weight is 212 g/mol. The Balaban J connectivity index is 2.17. The van der Waals surface area contributed by atoms with Gasteiger partial charge in [0.2, 0.25) is 0 Å². The van der Waals surface area contributed by atoms with E-state index in [2.05, 4.69) is 6.58 Å². The molecule has 1 aliphatic rings. The van der Waals surface area contributed by atoms with Crippen molar-refractivity contribution in [3.63, 3.8) is 0 Å². The first-order chi connectivity index (χ1) is 6.73. The smallest absolute Gasteiger partial charge is 0.391 e. The van der Waals surface area contributed by atoms with Crippen LogP contribution in [-0.4, -0.2) is 6.61 Å². The molecule has 0 atom stereocenters. The van der Waals surface area contributed by atoms with Crippen LogP contribution in [0.5, 0.6) is 11.5 Å². The van der Waals surface area contributed by atoms with Crippen LogP contribution in [0.4, 0.5) is 0 Å². The van der Waals surface area contributed by atoms with Gasteiger partial charge in [0.1, 0.15) is 0 Å². The summed E-state index contributed by atoms with van der Waals surface area (Å²) >= 11 is 0. The predicted molar refractivity (Wildman–Crippen MR) is 51.5 cm³/mol. The number of hydrogen-bond donors (Lipinski definition) is 0. The van der Waals surface area contributed by atoms with Gasteiger partial charge in [-0.05, 0) is 12.1 Å². The molecule has 0 N–H and O–H groups in total. The molecule has 0 radical (unpaired) electrons. The number of rotatable bonds is 3. The second-order valence-corrected chi connectivity index (χ2v) is 4.18. The Hall–Kier alpha value is -1.25. The summed E-state index contributed by atoms with van der Waals surface area (Å²) in [7, 11) is -3.44. The van der Waals surface area contributed by atoms with Gasteiger partial charge in [0.25, 0.3) is 0 Å². The lowest BCUT2D eigenvalue weighted by Gasteiger charge is -2.07. The van der Waals surface area contributed by atoms with E-state index in [1.807, 2.05) is 0 Å². The van der Waals surface area contributed by atoms with Crippen LogP contribution >= 0.6 is 7.82 Å². The summed E-state index contributed by atoms with van der Waals surface area (Å²) in [6.07, 6.45) is 1.48. The maximum absolute atomic E-state index is 11.7. The minimum Gasteiger partial charge on any atom is -0.391 e. The monoisotopic (exact) mass is 212 g/mol. The largest absolute Gasteiger partial charge is 0.588 e. The van der Waals surface area contributed by atoms with Crippen molar-refractivity contribution < 1.29 is 18.1 Å². The van der Waals surface area contributed by atoms with Crippen LogP contribution in [-0.2, 0) is 9.09 Å². The molecular weight excluding hydrogens is 203 g/mol. The van der Waals surface area contributed by atoms with E-state index in [0.717, 1.165) is 0 Å². The molecule has 4 nitrogen and oxygen atoms in total. The molecule has 1 heterocycles. The zero-order valence-electron chi connectivity index (χ0n) is 7.38. The minimum absolute atomic E-state index is 0.130. The van der Waals surface area contributed by atoms with Crippen molar-refractivity contribution in [3.05, 3.63) is 36.9 Å². The van der Waals surface area contributed by atoms with Gasteiger partial charge >= 0.3 is 7.82 Å². The molecule has 0 spiro atoms. The second-order valence-electron chi connectivity index (χ2n) is 2.66. The molecule has 1 aliphatic heterocycles. The number of benzene rings is 1. The van der Waals surface area contributed by atoms with Crippen LogP contribution in [0, 0.1) is 0 Å². The van der Waals surface area contributed by atoms with Gasteiger partial charge in [0, 0.05) is 0 Å². The molecule has 0 saturated carbocycles. The molecule has 0 saturated heterocycles. The highest BCUT2D eigenvalue weighted by Gasteiger charge is 2.38. The highest BCUT2D eigenvalue weighted by atomic mass is 31.2. The van der Waals surface area contributed by atoms with Crippen molar-refractivity contribution >= 4 is 7.82 Å². The fourth-order valence-corrected chi connectivity index (χ4v) is 2.27. The molecule has 0 unspecified atom stereocenters. The van der Waals surface area contributed by atoms with Gasteiger partial charge in [0.05, 0.1) is 6.61 Å². The second kappa shape index (κ2) is 3.48. The van der Waals surface area contributed by atoms with Crippen LogP contribution in [0.3, 0.4) is 0 Å². The van der Waals surface area contributed by atoms with Gasteiger partial charge in [-0.25, -0.2) is 4.57 Å². The van der Waals surface area contributed by atoms with Crippen molar-refractivity contribution in [2.75, 3.05) is 6.61 Å². The predicted octanol–water partition coefficient (Wildman–Crippen LogP) is 2.77. The van der Waals surface area contributed by atoms with Crippen molar-refractivity contribution in [2.45, 2.75) is 0 Å². The van der Waals surface area contributed by atoms with E-state index in [0.29, 0.717) is 11.5 Å². The highest BCUT2D eigenvalue weighted by molar-refractivity contribution is 7.49. The van der Waals surface area contributed by atoms with Gasteiger partial charge in [0.15, 0.2) is 11.5 Å². The number of phosphoric acid groups is 1. The van der Waals surface area contributed by atoms with Crippen LogP contribution in [0.15, 0.2) is 36.9 Å². The fraction of sp³-hybridized carbons (Fsp3) is 0.111. The number of hydrogen-bond acceptors (Lipinski definition) is 4. The summed E-state index contributed by atoms with van der Waals surface area (Å²) in [5.41, 5.74) is 0. The molecule has 1 aromatic carbocycles. The zero-order chi connectivity index (χ0) is 10.0. The summed E-state index contributed by atoms with van der Waals surface area (Å²) in [5.74, 6) is 0.889. The third kappa shape index (κ3) is 1.67. The lowest BCUT2D eigenvalue weighted by atomic mass is 10.3. The first kappa shape index (κ1) is 9.31. The molecule has 0 aromatic heterocycles. The Labute approximate surface area is 81.7 Å². The Kier molecular flexibility index (Phi) is 2.32. The quantitative estimate of drug-likeness (QED) is 0.570. The van der Waals surface area contributed by atoms with Crippen molar-refractivity contribution in [1.82, 2.24) is 0 Å². The van der Waals surface area contributed by atoms with Gasteiger partial charge in [-0.15, -0.1) is 6.58 Å². The van der Waals surface area contributed by atoms with E-state index in [4.69, 9.17) is 13.6 Å². The topological polar surface area (TPSA) is 44.8 Å². The van der Waals surface area contributed by atoms with Crippen molar-refractivity contribution in [1.29, 1.82) is 0 Å². The molecule has 0 aliphatic carbocycles. The zero-order valence-corrected chi connectivity index (χ0v) is 8.28. The molecule has 2 rings (SSSR count). The first-order valence-electron chi connectivity index (χ1n) is 4.07. The standard InChI is InChI=1S/C9H9O4P/c1-2-7-11-14(10)12-8-5-3-4-6-9(8)13-14/h2-6H,1,7H2. The van der Waals surface area contributed by atoms with Crippen LogP contribution in [0.2, 0.25) is 0 Å². The minimum atomic E-state index is -3.44. The SMILES string of the molecule is C=CCOP1(=O)Oc2ccccc2O1. The van der Waals surface area contributed by atoms with E-state index in [1.54, 1.807) is 24.3 Å². The van der Waals surface area contributed by atoms with E-state index in [1.165, 1.54) is 6.08 Å². The molecule has 14 heavy (non-hydrogen) atoms. The maximum atomic E-state index is 11.7. The Morgan fingerprint density at radius 1 is 1.36 bits per heavy atom. The van der Waals surface area contributed by atoms with Crippen LogP contribution < -0.4 is 9.05 Å². The van der Waals surface area contributed by atoms with Crippen molar-refractivity contribution in [2.24, 2.45) is 0 Å². The summed E-state index contributed by atoms with van der Waals surface area (Å²) in [4.78, 5) is 0. The van der Waals surface area contributed by atoms with E-state index in [9.17, 15) is 4.57 Å². The summed E-state index contributed by atoms with van der Waals surface area (Å²) in [6, 6.07) is 6.88. The Bertz CT molecular complexity index is 373. The number of para-hydroxylation sites is 2. The Morgan fingerprint density at radius 3 is 2.43 bits per heavy atom. The normalized spacial score (nSPS) is 16.6. The summed E-state index contributed by atoms with van der Waals surface area (Å²) in [5, 5.41) is 0. The average Bonchev–Trinajstić information content (AvgIpc) is 2.51. The number of phosphoric ester groups is 1. The van der Waals surface area contributed by atoms with Crippen molar-refractivity contribution in [3.8, 4) is 11.5 Å². The molecule has 1 aromatic rings. The van der Waals surface area contributed by atoms with Crippen LogP contribution in [0.25, 0.3) is 0 Å². The lowest BCUT2D eigenvalue weighted by molar-refractivity contribution is 0.251. The molecule has 0 fully saturated rings. The molecular formula is C9H9O4P. The van der Waals surface area contributed by atoms with E-state index < -0.39 is 7.82 Å². The van der Waals surface area contributed by atoms with Gasteiger partial charge in [-0.2, -0.15) is 0 Å². The molecule has 0 amide bonds. The van der Waals surface area contributed by atoms with Gasteiger partial charge in [-0.1, -0.05) is 18.2 Å². The molecule has 74 valence electrons. The molecule has 0 bridgehead atoms. The summed E-state index contributed by atoms with van der Waals surface area (Å²) < 4.78 is 26.7. The van der Waals surface area contributed by atoms with Crippen LogP contribution in [0.1, 0.15) is 0 Å². The van der Waals surface area contributed by atoms with Gasteiger partial charge < -0.3 is 9.05 Å². The highest BCUT2D eigenvalue weighted by Crippen LogP contribution is 2.58. The third-order valence-corrected chi connectivity index (χ3v) is 2.93. The fourth-order valence-electron chi connectivity index (χ4n) is 1.06.